The summed E-state index contributed by atoms with van der Waals surface area (Å²) in [4.78, 5) is 11.1. The molecule has 7 nitrogen and oxygen atoms in total. The second kappa shape index (κ2) is 7.15. The first-order chi connectivity index (χ1) is 12.7. The first kappa shape index (κ1) is 19.1. The monoisotopic (exact) mass is 388 g/mol. The fourth-order valence-electron chi connectivity index (χ4n) is 2.57. The molecule has 8 heteroatoms. The Bertz CT molecular complexity index is 1040. The third-order valence-corrected chi connectivity index (χ3v) is 5.46. The van der Waals surface area contributed by atoms with E-state index in [2.05, 4.69) is 10.0 Å². The van der Waals surface area contributed by atoms with E-state index in [1.807, 2.05) is 18.2 Å². The predicted octanol–water partition coefficient (Wildman–Crippen LogP) is 2.58. The third-order valence-electron chi connectivity index (χ3n) is 4.05. The van der Waals surface area contributed by atoms with Gasteiger partial charge in [-0.3, -0.25) is 4.79 Å². The average Bonchev–Trinajstić information content (AvgIpc) is 3.05. The highest BCUT2D eigenvalue weighted by Crippen LogP contribution is 2.28. The first-order valence-electron chi connectivity index (χ1n) is 8.26. The molecule has 0 saturated carbocycles. The number of hydrogen-bond acceptors (Lipinski definition) is 5. The van der Waals surface area contributed by atoms with Crippen LogP contribution in [0.4, 0.5) is 5.69 Å². The molecule has 0 aliphatic carbocycles. The number of rotatable bonds is 6. The Kier molecular flexibility index (Phi) is 5.05. The zero-order chi connectivity index (χ0) is 19.7. The summed E-state index contributed by atoms with van der Waals surface area (Å²) in [5.74, 6) is 0.0259. The largest absolute Gasteiger partial charge is 0.458 e. The van der Waals surface area contributed by atoms with Crippen LogP contribution in [0, 0.1) is 0 Å². The number of para-hydroxylation sites is 1. The Morgan fingerprint density at radius 2 is 1.81 bits per heavy atom. The molecule has 27 heavy (non-hydrogen) atoms. The highest BCUT2D eigenvalue weighted by molar-refractivity contribution is 7.89. The average molecular weight is 388 g/mol. The molecule has 0 radical (unpaired) electrons. The molecule has 2 aromatic carbocycles. The number of anilines is 1. The Hall–Kier alpha value is -2.68. The molecule has 3 aromatic rings. The second-order valence-corrected chi connectivity index (χ2v) is 8.22. The van der Waals surface area contributed by atoms with Crippen LogP contribution in [0.5, 0.6) is 0 Å². The summed E-state index contributed by atoms with van der Waals surface area (Å²) in [7, 11) is -3.84. The third kappa shape index (κ3) is 4.36. The molecule has 1 aromatic heterocycles. The number of carbonyl (C=O) groups is 1. The fourth-order valence-corrected chi connectivity index (χ4v) is 3.71. The van der Waals surface area contributed by atoms with E-state index in [1.165, 1.54) is 38.1 Å². The highest BCUT2D eigenvalue weighted by Gasteiger charge is 2.29. The molecule has 0 unspecified atom stereocenters. The van der Waals surface area contributed by atoms with E-state index in [-0.39, 0.29) is 23.1 Å². The Balaban J connectivity index is 1.74. The zero-order valence-electron chi connectivity index (χ0n) is 14.9. The van der Waals surface area contributed by atoms with Crippen molar-refractivity contribution in [1.29, 1.82) is 0 Å². The van der Waals surface area contributed by atoms with Gasteiger partial charge < -0.3 is 14.8 Å². The van der Waals surface area contributed by atoms with Crippen molar-refractivity contribution in [3.63, 3.8) is 0 Å². The molecule has 3 N–H and O–H groups in total. The number of sulfonamides is 1. The minimum Gasteiger partial charge on any atom is -0.458 e. The molecule has 3 rings (SSSR count). The number of nitrogens with one attached hydrogen (secondary N) is 2. The maximum Gasteiger partial charge on any atom is 0.240 e. The number of aliphatic hydroxyl groups is 1. The predicted molar refractivity (Wildman–Crippen MR) is 102 cm³/mol. The number of hydrogen-bond donors (Lipinski definition) is 3. The maximum absolute atomic E-state index is 12.5. The molecule has 0 bridgehead atoms. The SMILES string of the molecule is CC(=O)Nc1ccc(S(=O)(=O)NC[C@@](C)(O)c2cc3ccccc3o2)cc1. The lowest BCUT2D eigenvalue weighted by Gasteiger charge is -2.21. The highest BCUT2D eigenvalue weighted by atomic mass is 32.2. The number of furan rings is 1. The van der Waals surface area contributed by atoms with Crippen molar-refractivity contribution >= 4 is 32.6 Å². The van der Waals surface area contributed by atoms with Crippen molar-refractivity contribution in [2.45, 2.75) is 24.3 Å². The minimum absolute atomic E-state index is 0.0250. The minimum atomic E-state index is -3.84. The van der Waals surface area contributed by atoms with E-state index < -0.39 is 15.6 Å². The van der Waals surface area contributed by atoms with Crippen LogP contribution < -0.4 is 10.0 Å². The van der Waals surface area contributed by atoms with Crippen molar-refractivity contribution in [2.24, 2.45) is 0 Å². The van der Waals surface area contributed by atoms with Gasteiger partial charge in [0.05, 0.1) is 4.90 Å². The molecular weight excluding hydrogens is 368 g/mol. The van der Waals surface area contributed by atoms with Crippen LogP contribution in [0.3, 0.4) is 0 Å². The Morgan fingerprint density at radius 3 is 2.44 bits per heavy atom. The van der Waals surface area contributed by atoms with Gasteiger partial charge in [0.25, 0.3) is 0 Å². The molecule has 0 saturated heterocycles. The number of fused-ring (bicyclic) bond motifs is 1. The number of carbonyl (C=O) groups excluding carboxylic acids is 1. The van der Waals surface area contributed by atoms with Crippen molar-refractivity contribution < 1.29 is 22.7 Å². The van der Waals surface area contributed by atoms with Gasteiger partial charge in [-0.15, -0.1) is 0 Å². The Labute approximate surface area is 157 Å². The fraction of sp³-hybridized carbons (Fsp3) is 0.211. The molecule has 142 valence electrons. The van der Waals surface area contributed by atoms with Gasteiger partial charge in [-0.25, -0.2) is 13.1 Å². The van der Waals surface area contributed by atoms with Crippen molar-refractivity contribution in [1.82, 2.24) is 4.72 Å². The summed E-state index contributed by atoms with van der Waals surface area (Å²) in [6, 6.07) is 14.7. The summed E-state index contributed by atoms with van der Waals surface area (Å²) in [5.41, 5.74) is -0.415. The van der Waals surface area contributed by atoms with E-state index in [4.69, 9.17) is 4.42 Å². The molecular formula is C19H20N2O5S. The van der Waals surface area contributed by atoms with Gasteiger partial charge in [0.15, 0.2) is 0 Å². The van der Waals surface area contributed by atoms with Crippen molar-refractivity contribution in [3.05, 3.63) is 60.4 Å². The summed E-state index contributed by atoms with van der Waals surface area (Å²) in [5, 5.41) is 14.1. The van der Waals surface area contributed by atoms with E-state index in [0.29, 0.717) is 11.3 Å². The standard InChI is InChI=1S/C19H20N2O5S/c1-13(22)21-15-7-9-16(10-8-15)27(24,25)20-12-19(2,23)18-11-14-5-3-4-6-17(14)26-18/h3-11,20,23H,12H2,1-2H3,(H,21,22)/t19-/m1/s1. The van der Waals surface area contributed by atoms with Crippen LogP contribution in [0.15, 0.2) is 63.9 Å². The molecule has 1 amide bonds. The van der Waals surface area contributed by atoms with Gasteiger partial charge in [-0.1, -0.05) is 18.2 Å². The lowest BCUT2D eigenvalue weighted by Crippen LogP contribution is -2.38. The summed E-state index contributed by atoms with van der Waals surface area (Å²) in [6.07, 6.45) is 0. The lowest BCUT2D eigenvalue weighted by atomic mass is 10.0. The van der Waals surface area contributed by atoms with Crippen LogP contribution in [-0.2, 0) is 20.4 Å². The van der Waals surface area contributed by atoms with Crippen LogP contribution in [0.1, 0.15) is 19.6 Å². The van der Waals surface area contributed by atoms with E-state index >= 15 is 0 Å². The normalized spacial score (nSPS) is 14.0. The van der Waals surface area contributed by atoms with Gasteiger partial charge in [-0.2, -0.15) is 0 Å². The van der Waals surface area contributed by atoms with Crippen molar-refractivity contribution in [2.75, 3.05) is 11.9 Å². The topological polar surface area (TPSA) is 109 Å². The molecule has 1 heterocycles. The van der Waals surface area contributed by atoms with E-state index in [1.54, 1.807) is 12.1 Å². The Morgan fingerprint density at radius 1 is 1.15 bits per heavy atom. The van der Waals surface area contributed by atoms with Gasteiger partial charge in [0, 0.05) is 24.5 Å². The number of benzene rings is 2. The van der Waals surface area contributed by atoms with Crippen LogP contribution in [-0.4, -0.2) is 26.0 Å². The van der Waals surface area contributed by atoms with E-state index in [0.717, 1.165) is 5.39 Å². The molecule has 0 aliphatic heterocycles. The second-order valence-electron chi connectivity index (χ2n) is 6.45. The molecule has 1 atom stereocenters. The van der Waals surface area contributed by atoms with Crippen molar-refractivity contribution in [3.8, 4) is 0 Å². The lowest BCUT2D eigenvalue weighted by molar-refractivity contribution is -0.114. The maximum atomic E-state index is 12.5. The van der Waals surface area contributed by atoms with Gasteiger partial charge in [0.2, 0.25) is 15.9 Å². The zero-order valence-corrected chi connectivity index (χ0v) is 15.7. The number of amides is 1. The summed E-state index contributed by atoms with van der Waals surface area (Å²) >= 11 is 0. The molecule has 0 aliphatic rings. The smallest absolute Gasteiger partial charge is 0.240 e. The summed E-state index contributed by atoms with van der Waals surface area (Å²) in [6.45, 7) is 2.59. The quantitative estimate of drug-likeness (QED) is 0.601. The molecule has 0 spiro atoms. The van der Waals surface area contributed by atoms with Gasteiger partial charge in [-0.05, 0) is 43.3 Å². The van der Waals surface area contributed by atoms with Crippen LogP contribution in [0.2, 0.25) is 0 Å². The van der Waals surface area contributed by atoms with Crippen LogP contribution >= 0.6 is 0 Å². The van der Waals surface area contributed by atoms with E-state index in [9.17, 15) is 18.3 Å². The van der Waals surface area contributed by atoms with Gasteiger partial charge in [0.1, 0.15) is 16.9 Å². The van der Waals surface area contributed by atoms with Gasteiger partial charge >= 0.3 is 0 Å². The first-order valence-corrected chi connectivity index (χ1v) is 9.74. The molecule has 0 fully saturated rings. The summed E-state index contributed by atoms with van der Waals surface area (Å²) < 4.78 is 33.0. The van der Waals surface area contributed by atoms with Crippen LogP contribution in [0.25, 0.3) is 11.0 Å².